The molecule has 39 heavy (non-hydrogen) atoms. The maximum Gasteiger partial charge on any atom is 0.127 e. The van der Waals surface area contributed by atoms with Crippen LogP contribution in [0.15, 0.2) is 54.7 Å². The fraction of sp³-hybridized carbons (Fsp3) is 0.545. The van der Waals surface area contributed by atoms with E-state index in [9.17, 15) is 9.50 Å². The fourth-order valence-corrected chi connectivity index (χ4v) is 8.89. The smallest absolute Gasteiger partial charge is 0.127 e. The van der Waals surface area contributed by atoms with Gasteiger partial charge in [0.2, 0.25) is 0 Å². The number of nitrogens with zero attached hydrogens (tertiary/aromatic N) is 2. The van der Waals surface area contributed by atoms with Gasteiger partial charge in [0, 0.05) is 12.3 Å². The van der Waals surface area contributed by atoms with E-state index >= 15 is 0 Å². The summed E-state index contributed by atoms with van der Waals surface area (Å²) in [6.45, 7) is 8.26. The number of benzene rings is 2. The van der Waals surface area contributed by atoms with Gasteiger partial charge < -0.3 is 15.6 Å². The van der Waals surface area contributed by atoms with E-state index in [1.165, 1.54) is 42.7 Å². The summed E-state index contributed by atoms with van der Waals surface area (Å²) in [4.78, 5) is 0. The number of aromatic nitrogens is 2. The molecule has 3 aliphatic carbocycles. The highest BCUT2D eigenvalue weighted by molar-refractivity contribution is 5.42. The number of aliphatic hydroxyl groups excluding tert-OH is 1. The predicted molar refractivity (Wildman–Crippen MR) is 151 cm³/mol. The number of fused-ring (bicyclic) bond motifs is 2. The SMILES string of the molecule is C[C@@H]1C[C@H]([C@@]2(C)Cc3cnn(-c4ccc(Oc5ccc(F)cc5)cc4)c3C[C@@H]2CO)[C@@H](CN)[C@H]2CC[C@H](C)[C@@H]21. The highest BCUT2D eigenvalue weighted by atomic mass is 19.1. The molecule has 3 aliphatic rings. The third kappa shape index (κ3) is 4.59. The van der Waals surface area contributed by atoms with Gasteiger partial charge in [-0.15, -0.1) is 0 Å². The zero-order chi connectivity index (χ0) is 27.3. The van der Waals surface area contributed by atoms with Crippen LogP contribution in [0.25, 0.3) is 5.69 Å². The van der Waals surface area contributed by atoms with Crippen molar-refractivity contribution in [3.63, 3.8) is 0 Å². The number of aliphatic hydroxyl groups is 1. The summed E-state index contributed by atoms with van der Waals surface area (Å²) >= 11 is 0. The molecule has 0 spiro atoms. The van der Waals surface area contributed by atoms with Gasteiger partial charge in [0.1, 0.15) is 17.3 Å². The molecule has 0 bridgehead atoms. The van der Waals surface area contributed by atoms with E-state index in [0.717, 1.165) is 42.8 Å². The lowest BCUT2D eigenvalue weighted by Gasteiger charge is -2.55. The number of hydrogen-bond donors (Lipinski definition) is 2. The van der Waals surface area contributed by atoms with Crippen LogP contribution in [0.5, 0.6) is 11.5 Å². The molecule has 3 aromatic rings. The molecule has 3 N–H and O–H groups in total. The first-order valence-corrected chi connectivity index (χ1v) is 14.7. The topological polar surface area (TPSA) is 73.3 Å². The van der Waals surface area contributed by atoms with Crippen LogP contribution >= 0.6 is 0 Å². The molecule has 0 amide bonds. The lowest BCUT2D eigenvalue weighted by molar-refractivity contribution is -0.0607. The molecule has 5 nitrogen and oxygen atoms in total. The first-order valence-electron chi connectivity index (χ1n) is 14.7. The van der Waals surface area contributed by atoms with Crippen molar-refractivity contribution in [3.05, 3.63) is 71.8 Å². The standard InChI is InChI=1S/C33H42FN3O2/c1-20-4-13-28-29(17-35)30(14-21(2)32(20)28)33(3)16-22-18-36-37(31(22)15-23(33)19-38)25-7-11-27(12-8-25)39-26-9-5-24(34)6-10-26/h5-12,18,20-21,23,28-30,32,38H,4,13-17,19,35H2,1-3H3/t20-,21+,23+,28+,29-,30-,32+,33-/m0/s1. The van der Waals surface area contributed by atoms with Crippen molar-refractivity contribution in [2.75, 3.05) is 13.2 Å². The highest BCUT2D eigenvalue weighted by Gasteiger charge is 2.55. The summed E-state index contributed by atoms with van der Waals surface area (Å²) < 4.78 is 21.1. The molecule has 1 heterocycles. The van der Waals surface area contributed by atoms with Crippen molar-refractivity contribution in [2.45, 2.75) is 52.9 Å². The summed E-state index contributed by atoms with van der Waals surface area (Å²) in [5.41, 5.74) is 9.98. The molecule has 208 valence electrons. The van der Waals surface area contributed by atoms with Gasteiger partial charge in [0.15, 0.2) is 0 Å². The Kier molecular flexibility index (Phi) is 7.05. The zero-order valence-corrected chi connectivity index (χ0v) is 23.4. The predicted octanol–water partition coefficient (Wildman–Crippen LogP) is 6.41. The Morgan fingerprint density at radius 2 is 1.74 bits per heavy atom. The Bertz CT molecular complexity index is 1290. The number of rotatable bonds is 6. The minimum absolute atomic E-state index is 0.00242. The normalized spacial score (nSPS) is 33.9. The largest absolute Gasteiger partial charge is 0.457 e. The quantitative estimate of drug-likeness (QED) is 0.386. The van der Waals surface area contributed by atoms with Crippen molar-refractivity contribution in [1.29, 1.82) is 0 Å². The second-order valence-electron chi connectivity index (χ2n) is 12.9. The summed E-state index contributed by atoms with van der Waals surface area (Å²) in [5.74, 6) is 5.22. The van der Waals surface area contributed by atoms with Gasteiger partial charge in [-0.2, -0.15) is 5.10 Å². The van der Waals surface area contributed by atoms with Crippen molar-refractivity contribution >= 4 is 0 Å². The van der Waals surface area contributed by atoms with Gasteiger partial charge >= 0.3 is 0 Å². The maximum absolute atomic E-state index is 13.2. The van der Waals surface area contributed by atoms with Crippen LogP contribution in [-0.4, -0.2) is 28.0 Å². The van der Waals surface area contributed by atoms with Crippen LogP contribution in [-0.2, 0) is 12.8 Å². The van der Waals surface area contributed by atoms with Gasteiger partial charge in [-0.3, -0.25) is 0 Å². The number of hydrogen-bond acceptors (Lipinski definition) is 4. The van der Waals surface area contributed by atoms with Crippen LogP contribution < -0.4 is 10.5 Å². The minimum atomic E-state index is -0.285. The molecule has 0 radical (unpaired) electrons. The summed E-state index contributed by atoms with van der Waals surface area (Å²) in [6, 6.07) is 13.9. The van der Waals surface area contributed by atoms with Crippen molar-refractivity contribution < 1.29 is 14.2 Å². The van der Waals surface area contributed by atoms with Crippen molar-refractivity contribution in [1.82, 2.24) is 9.78 Å². The van der Waals surface area contributed by atoms with Gasteiger partial charge in [-0.1, -0.05) is 27.2 Å². The molecule has 2 saturated carbocycles. The molecular weight excluding hydrogens is 489 g/mol. The Morgan fingerprint density at radius 1 is 1.05 bits per heavy atom. The molecule has 2 fully saturated rings. The molecule has 2 aromatic carbocycles. The van der Waals surface area contributed by atoms with Crippen molar-refractivity contribution in [3.8, 4) is 17.2 Å². The van der Waals surface area contributed by atoms with E-state index in [2.05, 4.69) is 20.8 Å². The molecular formula is C33H42FN3O2. The van der Waals surface area contributed by atoms with Crippen LogP contribution in [0, 0.1) is 52.7 Å². The van der Waals surface area contributed by atoms with E-state index in [0.29, 0.717) is 29.3 Å². The summed E-state index contributed by atoms with van der Waals surface area (Å²) in [6.07, 6.45) is 7.61. The van der Waals surface area contributed by atoms with Gasteiger partial charge in [0.25, 0.3) is 0 Å². The molecule has 8 atom stereocenters. The van der Waals surface area contributed by atoms with Gasteiger partial charge in [0.05, 0.1) is 11.9 Å². The second-order valence-corrected chi connectivity index (χ2v) is 12.9. The third-order valence-corrected chi connectivity index (χ3v) is 10.8. The maximum atomic E-state index is 13.2. The first-order chi connectivity index (χ1) is 18.8. The molecule has 0 unspecified atom stereocenters. The lowest BCUT2D eigenvalue weighted by Crippen LogP contribution is -2.53. The minimum Gasteiger partial charge on any atom is -0.457 e. The number of nitrogens with two attached hydrogens (primary N) is 1. The van der Waals surface area contributed by atoms with Crippen LogP contribution in [0.2, 0.25) is 0 Å². The van der Waals surface area contributed by atoms with Gasteiger partial charge in [-0.25, -0.2) is 9.07 Å². The Morgan fingerprint density at radius 3 is 2.41 bits per heavy atom. The molecule has 1 aromatic heterocycles. The Balaban J connectivity index is 1.25. The second kappa shape index (κ2) is 10.4. The zero-order valence-electron chi connectivity index (χ0n) is 23.4. The number of ether oxygens (including phenoxy) is 1. The monoisotopic (exact) mass is 531 g/mol. The number of halogens is 1. The summed E-state index contributed by atoms with van der Waals surface area (Å²) in [5, 5.41) is 15.5. The van der Waals surface area contributed by atoms with E-state index in [4.69, 9.17) is 15.6 Å². The van der Waals surface area contributed by atoms with Crippen LogP contribution in [0.4, 0.5) is 4.39 Å². The van der Waals surface area contributed by atoms with Crippen LogP contribution in [0.1, 0.15) is 51.3 Å². The third-order valence-electron chi connectivity index (χ3n) is 10.8. The molecule has 0 aliphatic heterocycles. The van der Waals surface area contributed by atoms with E-state index in [1.54, 1.807) is 12.1 Å². The average Bonchev–Trinajstić information content (AvgIpc) is 3.53. The van der Waals surface area contributed by atoms with Gasteiger partial charge in [-0.05, 0) is 133 Å². The average molecular weight is 532 g/mol. The molecule has 6 heteroatoms. The Hall–Kier alpha value is -2.70. The Labute approximate surface area is 231 Å². The first kappa shape index (κ1) is 26.5. The fourth-order valence-electron chi connectivity index (χ4n) is 8.89. The molecule has 0 saturated heterocycles. The molecule has 6 rings (SSSR count). The van der Waals surface area contributed by atoms with E-state index < -0.39 is 0 Å². The van der Waals surface area contributed by atoms with Crippen LogP contribution in [0.3, 0.4) is 0 Å². The van der Waals surface area contributed by atoms with E-state index in [-0.39, 0.29) is 23.8 Å². The summed E-state index contributed by atoms with van der Waals surface area (Å²) in [7, 11) is 0. The van der Waals surface area contributed by atoms with Crippen molar-refractivity contribution in [2.24, 2.45) is 52.6 Å². The highest BCUT2D eigenvalue weighted by Crippen LogP contribution is 2.59. The van der Waals surface area contributed by atoms with E-state index in [1.807, 2.05) is 35.1 Å². The lowest BCUT2D eigenvalue weighted by atomic mass is 9.50.